The van der Waals surface area contributed by atoms with E-state index in [2.05, 4.69) is 33.5 Å². The van der Waals surface area contributed by atoms with Gasteiger partial charge in [-0.3, -0.25) is 19.8 Å². The zero-order valence-corrected chi connectivity index (χ0v) is 14.3. The topological polar surface area (TPSA) is 66.5 Å². The van der Waals surface area contributed by atoms with Gasteiger partial charge in [0.05, 0.1) is 11.8 Å². The fourth-order valence-corrected chi connectivity index (χ4v) is 5.10. The number of amides is 3. The van der Waals surface area contributed by atoms with Crippen molar-refractivity contribution in [3.8, 4) is 0 Å². The molecular formula is C18H15BrN2O3. The van der Waals surface area contributed by atoms with E-state index in [0.29, 0.717) is 17.4 Å². The second-order valence-electron chi connectivity index (χ2n) is 7.11. The minimum absolute atomic E-state index is 0.163. The number of rotatable bonds is 2. The molecule has 1 aromatic carbocycles. The van der Waals surface area contributed by atoms with Crippen LogP contribution in [0.1, 0.15) is 16.8 Å². The molecule has 2 bridgehead atoms. The van der Waals surface area contributed by atoms with Gasteiger partial charge >= 0.3 is 0 Å². The van der Waals surface area contributed by atoms with Crippen LogP contribution in [0.2, 0.25) is 0 Å². The van der Waals surface area contributed by atoms with Gasteiger partial charge in [0.15, 0.2) is 0 Å². The molecule has 0 unspecified atom stereocenters. The summed E-state index contributed by atoms with van der Waals surface area (Å²) in [5.41, 5.74) is 2.94. The minimum Gasteiger partial charge on any atom is -0.272 e. The van der Waals surface area contributed by atoms with Crippen molar-refractivity contribution in [2.75, 3.05) is 0 Å². The first-order valence-corrected chi connectivity index (χ1v) is 8.98. The predicted molar refractivity (Wildman–Crippen MR) is 88.2 cm³/mol. The van der Waals surface area contributed by atoms with Crippen molar-refractivity contribution in [1.82, 2.24) is 10.4 Å². The van der Waals surface area contributed by atoms with Crippen LogP contribution in [-0.4, -0.2) is 22.7 Å². The van der Waals surface area contributed by atoms with Crippen LogP contribution in [0.3, 0.4) is 0 Å². The molecule has 1 heterocycles. The maximum absolute atomic E-state index is 12.8. The van der Waals surface area contributed by atoms with E-state index in [9.17, 15) is 14.4 Å². The van der Waals surface area contributed by atoms with E-state index in [1.165, 1.54) is 0 Å². The molecule has 1 saturated heterocycles. The summed E-state index contributed by atoms with van der Waals surface area (Å²) >= 11 is 3.32. The highest BCUT2D eigenvalue weighted by atomic mass is 79.9. The van der Waals surface area contributed by atoms with Crippen LogP contribution in [0.25, 0.3) is 0 Å². The summed E-state index contributed by atoms with van der Waals surface area (Å²) in [6, 6.07) is 6.80. The quantitative estimate of drug-likeness (QED) is 0.625. The molecule has 6 atom stereocenters. The molecule has 122 valence electrons. The van der Waals surface area contributed by atoms with Crippen molar-refractivity contribution in [3.05, 3.63) is 46.5 Å². The van der Waals surface area contributed by atoms with Gasteiger partial charge in [0.2, 0.25) is 0 Å². The molecule has 6 heteroatoms. The van der Waals surface area contributed by atoms with E-state index >= 15 is 0 Å². The van der Waals surface area contributed by atoms with E-state index in [1.54, 1.807) is 24.3 Å². The molecule has 5 nitrogen and oxygen atoms in total. The normalized spacial score (nSPS) is 38.1. The van der Waals surface area contributed by atoms with Gasteiger partial charge in [0, 0.05) is 10.0 Å². The Morgan fingerprint density at radius 2 is 1.54 bits per heavy atom. The van der Waals surface area contributed by atoms with Crippen molar-refractivity contribution in [2.45, 2.75) is 6.42 Å². The van der Waals surface area contributed by atoms with Crippen molar-refractivity contribution < 1.29 is 14.4 Å². The second-order valence-corrected chi connectivity index (χ2v) is 8.03. The lowest BCUT2D eigenvalue weighted by Gasteiger charge is -2.37. The number of hydrogen-bond donors (Lipinski definition) is 1. The third-order valence-corrected chi connectivity index (χ3v) is 6.51. The fraction of sp³-hybridized carbons (Fsp3) is 0.389. The maximum Gasteiger partial charge on any atom is 0.270 e. The van der Waals surface area contributed by atoms with Crippen LogP contribution in [0.15, 0.2) is 40.9 Å². The molecule has 2 saturated carbocycles. The SMILES string of the molecule is O=C(NN1C(=O)[C@@H]2[C@H]3C=C[C@@H]([C@@H]4C[C@@H]34)[C@H]2C1=O)c1ccc(Br)cc1. The molecule has 1 aromatic rings. The highest BCUT2D eigenvalue weighted by Gasteiger charge is 2.67. The van der Waals surface area contributed by atoms with Crippen molar-refractivity contribution in [2.24, 2.45) is 35.5 Å². The van der Waals surface area contributed by atoms with Gasteiger partial charge in [0.25, 0.3) is 17.7 Å². The van der Waals surface area contributed by atoms with Crippen LogP contribution in [0.4, 0.5) is 0 Å². The standard InChI is InChI=1S/C18H15BrN2O3/c19-9-3-1-8(2-4-9)16(22)20-21-17(23)14-10-5-6-11(13-7-12(10)13)15(14)18(21)24/h1-6,10-15H,7H2,(H,20,22)/t10-,11-,12-,13-,14+,15+/m0/s1. The summed E-state index contributed by atoms with van der Waals surface area (Å²) < 4.78 is 0.861. The Morgan fingerprint density at radius 3 is 2.08 bits per heavy atom. The largest absolute Gasteiger partial charge is 0.272 e. The molecular weight excluding hydrogens is 372 g/mol. The molecule has 0 spiro atoms. The number of halogens is 1. The first-order chi connectivity index (χ1) is 11.6. The van der Waals surface area contributed by atoms with Gasteiger partial charge in [-0.25, -0.2) is 0 Å². The summed E-state index contributed by atoms with van der Waals surface area (Å²) in [6.07, 6.45) is 5.36. The molecule has 4 aliphatic carbocycles. The average Bonchev–Trinajstić information content (AvgIpc) is 3.36. The van der Waals surface area contributed by atoms with E-state index in [0.717, 1.165) is 15.9 Å². The molecule has 3 amide bonds. The number of nitrogens with zero attached hydrogens (tertiary/aromatic N) is 1. The molecule has 0 aromatic heterocycles. The van der Waals surface area contributed by atoms with E-state index in [4.69, 9.17) is 0 Å². The number of hydrogen-bond acceptors (Lipinski definition) is 3. The van der Waals surface area contributed by atoms with Gasteiger partial charge in [-0.1, -0.05) is 28.1 Å². The molecule has 1 N–H and O–H groups in total. The zero-order valence-electron chi connectivity index (χ0n) is 12.7. The average molecular weight is 387 g/mol. The number of imide groups is 1. The number of nitrogens with one attached hydrogen (secondary N) is 1. The van der Waals surface area contributed by atoms with Crippen LogP contribution in [-0.2, 0) is 9.59 Å². The number of allylic oxidation sites excluding steroid dienone is 2. The molecule has 24 heavy (non-hydrogen) atoms. The number of hydrazine groups is 1. The third-order valence-electron chi connectivity index (χ3n) is 5.98. The van der Waals surface area contributed by atoms with Gasteiger partial charge in [-0.15, -0.1) is 0 Å². The van der Waals surface area contributed by atoms with Crippen molar-refractivity contribution in [1.29, 1.82) is 0 Å². The second kappa shape index (κ2) is 4.79. The fourth-order valence-electron chi connectivity index (χ4n) is 4.83. The van der Waals surface area contributed by atoms with Gasteiger partial charge in [-0.05, 0) is 54.4 Å². The number of carbonyl (C=O) groups is 3. The Bertz CT molecular complexity index is 767. The van der Waals surface area contributed by atoms with Gasteiger partial charge in [-0.2, -0.15) is 5.01 Å². The zero-order chi connectivity index (χ0) is 16.6. The minimum atomic E-state index is -0.437. The summed E-state index contributed by atoms with van der Waals surface area (Å²) in [5.74, 6) is -0.0797. The highest BCUT2D eigenvalue weighted by molar-refractivity contribution is 9.10. The van der Waals surface area contributed by atoms with Crippen LogP contribution >= 0.6 is 15.9 Å². The Morgan fingerprint density at radius 1 is 1.00 bits per heavy atom. The summed E-state index contributed by atoms with van der Waals surface area (Å²) in [4.78, 5) is 37.9. The summed E-state index contributed by atoms with van der Waals surface area (Å²) in [7, 11) is 0. The lowest BCUT2D eigenvalue weighted by Crippen LogP contribution is -2.46. The number of carbonyl (C=O) groups excluding carboxylic acids is 3. The summed E-state index contributed by atoms with van der Waals surface area (Å²) in [5, 5.41) is 0.970. The number of benzene rings is 1. The van der Waals surface area contributed by atoms with E-state index in [1.807, 2.05) is 0 Å². The Labute approximate surface area is 147 Å². The molecule has 1 aliphatic heterocycles. The highest BCUT2D eigenvalue weighted by Crippen LogP contribution is 2.65. The van der Waals surface area contributed by atoms with Gasteiger partial charge < -0.3 is 0 Å². The van der Waals surface area contributed by atoms with E-state index < -0.39 is 5.91 Å². The maximum atomic E-state index is 12.8. The predicted octanol–water partition coefficient (Wildman–Crippen LogP) is 2.15. The lowest BCUT2D eigenvalue weighted by molar-refractivity contribution is -0.143. The monoisotopic (exact) mass is 386 g/mol. The molecule has 3 fully saturated rings. The first-order valence-electron chi connectivity index (χ1n) is 8.19. The van der Waals surface area contributed by atoms with Crippen LogP contribution in [0, 0.1) is 35.5 Å². The van der Waals surface area contributed by atoms with Gasteiger partial charge in [0.1, 0.15) is 0 Å². The first kappa shape index (κ1) is 14.4. The Hall–Kier alpha value is -1.95. The Balaban J connectivity index is 1.40. The molecule has 0 radical (unpaired) electrons. The molecule has 5 aliphatic rings. The molecule has 6 rings (SSSR count). The third kappa shape index (κ3) is 1.83. The Kier molecular flexibility index (Phi) is 2.87. The lowest BCUT2D eigenvalue weighted by atomic mass is 9.63. The van der Waals surface area contributed by atoms with Crippen molar-refractivity contribution >= 4 is 33.7 Å². The van der Waals surface area contributed by atoms with Crippen LogP contribution < -0.4 is 5.43 Å². The van der Waals surface area contributed by atoms with Crippen molar-refractivity contribution in [3.63, 3.8) is 0 Å². The smallest absolute Gasteiger partial charge is 0.270 e. The van der Waals surface area contributed by atoms with E-state index in [-0.39, 0.29) is 35.5 Å². The van der Waals surface area contributed by atoms with Crippen LogP contribution in [0.5, 0.6) is 0 Å². The summed E-state index contributed by atoms with van der Waals surface area (Å²) in [6.45, 7) is 0.